The normalized spacial score (nSPS) is 17.4. The fourth-order valence-electron chi connectivity index (χ4n) is 2.54. The van der Waals surface area contributed by atoms with Crippen LogP contribution in [-0.4, -0.2) is 37.4 Å². The van der Waals surface area contributed by atoms with Gasteiger partial charge in [-0.2, -0.15) is 0 Å². The van der Waals surface area contributed by atoms with E-state index in [-0.39, 0.29) is 5.78 Å². The molecule has 0 spiro atoms. The van der Waals surface area contributed by atoms with Crippen molar-refractivity contribution >= 4 is 5.78 Å². The maximum absolute atomic E-state index is 12.4. The van der Waals surface area contributed by atoms with Crippen molar-refractivity contribution in [3.8, 4) is 5.75 Å². The largest absolute Gasteiger partial charge is 0.496 e. The minimum atomic E-state index is 0.159. The van der Waals surface area contributed by atoms with Crippen LogP contribution in [0.2, 0.25) is 0 Å². The molecule has 0 amide bonds. The Morgan fingerprint density at radius 1 is 1.37 bits per heavy atom. The van der Waals surface area contributed by atoms with Gasteiger partial charge in [0, 0.05) is 0 Å². The van der Waals surface area contributed by atoms with Crippen molar-refractivity contribution in [2.24, 2.45) is 5.92 Å². The number of likely N-dealkylation sites (tertiary alicyclic amines) is 1. The Kier molecular flexibility index (Phi) is 4.59. The zero-order valence-corrected chi connectivity index (χ0v) is 12.1. The van der Waals surface area contributed by atoms with E-state index in [1.807, 2.05) is 25.1 Å². The van der Waals surface area contributed by atoms with Crippen LogP contribution in [0, 0.1) is 12.8 Å². The lowest BCUT2D eigenvalue weighted by atomic mass is 9.98. The summed E-state index contributed by atoms with van der Waals surface area (Å²) < 4.78 is 5.31. The molecule has 0 N–H and O–H groups in total. The van der Waals surface area contributed by atoms with E-state index in [0.29, 0.717) is 17.9 Å². The highest BCUT2D eigenvalue weighted by molar-refractivity contribution is 6.00. The highest BCUT2D eigenvalue weighted by Gasteiger charge is 2.20. The molecule has 19 heavy (non-hydrogen) atoms. The molecule has 0 saturated carbocycles. The van der Waals surface area contributed by atoms with Crippen molar-refractivity contribution < 1.29 is 9.53 Å². The lowest BCUT2D eigenvalue weighted by molar-refractivity contribution is 0.0897. The summed E-state index contributed by atoms with van der Waals surface area (Å²) in [5, 5.41) is 0. The van der Waals surface area contributed by atoms with Gasteiger partial charge in [-0.05, 0) is 56.5 Å². The van der Waals surface area contributed by atoms with Crippen LogP contribution in [0.4, 0.5) is 0 Å². The molecule has 0 aliphatic carbocycles. The number of aryl methyl sites for hydroxylation is 1. The summed E-state index contributed by atoms with van der Waals surface area (Å²) in [5.41, 5.74) is 1.81. The topological polar surface area (TPSA) is 29.5 Å². The van der Waals surface area contributed by atoms with Gasteiger partial charge in [0.1, 0.15) is 5.75 Å². The van der Waals surface area contributed by atoms with Gasteiger partial charge in [0.2, 0.25) is 0 Å². The Hall–Kier alpha value is -1.35. The first-order chi connectivity index (χ1) is 9.10. The minimum Gasteiger partial charge on any atom is -0.496 e. The molecule has 1 aliphatic heterocycles. The summed E-state index contributed by atoms with van der Waals surface area (Å²) in [6.45, 7) is 6.85. The second-order valence-corrected chi connectivity index (χ2v) is 5.59. The van der Waals surface area contributed by atoms with Crippen LogP contribution >= 0.6 is 0 Å². The summed E-state index contributed by atoms with van der Waals surface area (Å²) in [5.74, 6) is 1.64. The van der Waals surface area contributed by atoms with E-state index in [9.17, 15) is 4.79 Å². The standard InChI is InChI=1S/C16H23NO2/c1-12-6-8-17(9-7-12)11-15(18)14-5-4-13(2)10-16(14)19-3/h4-5,10,12H,6-9,11H2,1-3H3. The number of carbonyl (C=O) groups is 1. The average Bonchev–Trinajstić information content (AvgIpc) is 2.41. The molecule has 0 unspecified atom stereocenters. The van der Waals surface area contributed by atoms with Crippen LogP contribution in [0.25, 0.3) is 0 Å². The molecule has 3 heteroatoms. The molecule has 2 rings (SSSR count). The van der Waals surface area contributed by atoms with Crippen LogP contribution < -0.4 is 4.74 Å². The van der Waals surface area contributed by atoms with Crippen LogP contribution in [0.5, 0.6) is 5.75 Å². The molecule has 1 heterocycles. The number of nitrogens with zero attached hydrogens (tertiary/aromatic N) is 1. The Balaban J connectivity index is 2.03. The molecular formula is C16H23NO2. The number of hydrogen-bond donors (Lipinski definition) is 0. The van der Waals surface area contributed by atoms with Crippen LogP contribution in [0.1, 0.15) is 35.7 Å². The Morgan fingerprint density at radius 2 is 2.05 bits per heavy atom. The van der Waals surface area contributed by atoms with Gasteiger partial charge >= 0.3 is 0 Å². The fraction of sp³-hybridized carbons (Fsp3) is 0.562. The number of hydrogen-bond acceptors (Lipinski definition) is 3. The molecule has 1 aromatic carbocycles. The first-order valence-electron chi connectivity index (χ1n) is 7.00. The lowest BCUT2D eigenvalue weighted by Crippen LogP contribution is -2.36. The highest BCUT2D eigenvalue weighted by Crippen LogP contribution is 2.22. The quantitative estimate of drug-likeness (QED) is 0.780. The number of ketones is 1. The smallest absolute Gasteiger partial charge is 0.180 e. The van der Waals surface area contributed by atoms with Gasteiger partial charge in [0.05, 0.1) is 19.2 Å². The summed E-state index contributed by atoms with van der Waals surface area (Å²) in [6, 6.07) is 5.77. The summed E-state index contributed by atoms with van der Waals surface area (Å²) in [4.78, 5) is 14.6. The molecule has 0 atom stereocenters. The van der Waals surface area contributed by atoms with E-state index in [4.69, 9.17) is 4.74 Å². The number of methoxy groups -OCH3 is 1. The van der Waals surface area contributed by atoms with E-state index in [1.165, 1.54) is 12.8 Å². The highest BCUT2D eigenvalue weighted by atomic mass is 16.5. The van der Waals surface area contributed by atoms with Crippen molar-refractivity contribution in [1.82, 2.24) is 4.90 Å². The van der Waals surface area contributed by atoms with E-state index in [0.717, 1.165) is 24.6 Å². The molecule has 3 nitrogen and oxygen atoms in total. The Morgan fingerprint density at radius 3 is 2.68 bits per heavy atom. The predicted octanol–water partition coefficient (Wildman–Crippen LogP) is 2.92. The second kappa shape index (κ2) is 6.20. The summed E-state index contributed by atoms with van der Waals surface area (Å²) in [7, 11) is 1.62. The maximum atomic E-state index is 12.4. The maximum Gasteiger partial charge on any atom is 0.180 e. The van der Waals surface area contributed by atoms with Gasteiger partial charge in [-0.15, -0.1) is 0 Å². The first-order valence-corrected chi connectivity index (χ1v) is 7.00. The van der Waals surface area contributed by atoms with Crippen molar-refractivity contribution in [2.45, 2.75) is 26.7 Å². The third-order valence-electron chi connectivity index (χ3n) is 3.90. The molecule has 0 bridgehead atoms. The van der Waals surface area contributed by atoms with E-state index in [1.54, 1.807) is 7.11 Å². The average molecular weight is 261 g/mol. The number of carbonyl (C=O) groups excluding carboxylic acids is 1. The minimum absolute atomic E-state index is 0.159. The van der Waals surface area contributed by atoms with Gasteiger partial charge < -0.3 is 4.74 Å². The van der Waals surface area contributed by atoms with Gasteiger partial charge in [-0.3, -0.25) is 9.69 Å². The molecule has 1 aromatic rings. The van der Waals surface area contributed by atoms with E-state index in [2.05, 4.69) is 11.8 Å². The van der Waals surface area contributed by atoms with Gasteiger partial charge in [0.15, 0.2) is 5.78 Å². The molecule has 1 aliphatic rings. The molecule has 1 fully saturated rings. The Labute approximate surface area is 115 Å². The van der Waals surface area contributed by atoms with Crippen LogP contribution in [-0.2, 0) is 0 Å². The third kappa shape index (κ3) is 3.57. The molecule has 0 aromatic heterocycles. The summed E-state index contributed by atoms with van der Waals surface area (Å²) in [6.07, 6.45) is 2.39. The van der Waals surface area contributed by atoms with Gasteiger partial charge in [-0.1, -0.05) is 13.0 Å². The van der Waals surface area contributed by atoms with Crippen molar-refractivity contribution in [2.75, 3.05) is 26.7 Å². The fourth-order valence-corrected chi connectivity index (χ4v) is 2.54. The van der Waals surface area contributed by atoms with Crippen molar-refractivity contribution in [3.05, 3.63) is 29.3 Å². The molecular weight excluding hydrogens is 238 g/mol. The number of benzene rings is 1. The second-order valence-electron chi connectivity index (χ2n) is 5.59. The van der Waals surface area contributed by atoms with E-state index >= 15 is 0 Å². The van der Waals surface area contributed by atoms with E-state index < -0.39 is 0 Å². The van der Waals surface area contributed by atoms with Crippen LogP contribution in [0.3, 0.4) is 0 Å². The van der Waals surface area contributed by atoms with Crippen molar-refractivity contribution in [3.63, 3.8) is 0 Å². The molecule has 0 radical (unpaired) electrons. The lowest BCUT2D eigenvalue weighted by Gasteiger charge is -2.29. The summed E-state index contributed by atoms with van der Waals surface area (Å²) >= 11 is 0. The SMILES string of the molecule is COc1cc(C)ccc1C(=O)CN1CCC(C)CC1. The van der Waals surface area contributed by atoms with Gasteiger partial charge in [0.25, 0.3) is 0 Å². The van der Waals surface area contributed by atoms with Crippen molar-refractivity contribution in [1.29, 1.82) is 0 Å². The number of ether oxygens (including phenoxy) is 1. The zero-order valence-electron chi connectivity index (χ0n) is 12.1. The third-order valence-corrected chi connectivity index (χ3v) is 3.90. The first kappa shape index (κ1) is 14.1. The molecule has 1 saturated heterocycles. The Bertz CT molecular complexity index is 448. The zero-order chi connectivity index (χ0) is 13.8. The van der Waals surface area contributed by atoms with Crippen LogP contribution in [0.15, 0.2) is 18.2 Å². The monoisotopic (exact) mass is 261 g/mol. The molecule has 104 valence electrons. The number of Topliss-reactive ketones (excluding diaryl/α,β-unsaturated/α-hetero) is 1. The van der Waals surface area contributed by atoms with Gasteiger partial charge in [-0.25, -0.2) is 0 Å². The number of rotatable bonds is 4. The number of piperidine rings is 1. The predicted molar refractivity (Wildman–Crippen MR) is 76.9 cm³/mol.